The summed E-state index contributed by atoms with van der Waals surface area (Å²) in [7, 11) is 0. The highest BCUT2D eigenvalue weighted by Crippen LogP contribution is 2.20. The van der Waals surface area contributed by atoms with E-state index >= 15 is 0 Å². The van der Waals surface area contributed by atoms with Gasteiger partial charge in [0.2, 0.25) is 0 Å². The lowest BCUT2D eigenvalue weighted by Gasteiger charge is -2.09. The number of thioether (sulfide) groups is 1. The molecular formula is C16H16IN3OS. The molecule has 1 atom stereocenters. The van der Waals surface area contributed by atoms with E-state index in [1.54, 1.807) is 6.20 Å². The number of benzene rings is 1. The standard InChI is InChI=1S/C16H16IN3OS/c1-11(13-6-8-14(17)9-7-13)19-20-16(21)12(2)22-15-5-3-4-10-18-15/h3-10,12H,1-2H3,(H,20,21)/b19-11-/t12-/m1/s1. The van der Waals surface area contributed by atoms with Crippen LogP contribution in [0.3, 0.4) is 0 Å². The number of halogens is 1. The number of pyridine rings is 1. The van der Waals surface area contributed by atoms with E-state index in [4.69, 9.17) is 0 Å². The zero-order valence-corrected chi connectivity index (χ0v) is 15.3. The second-order valence-corrected chi connectivity index (χ2v) is 7.21. The monoisotopic (exact) mass is 425 g/mol. The molecule has 114 valence electrons. The summed E-state index contributed by atoms with van der Waals surface area (Å²) in [4.78, 5) is 16.3. The first-order valence-electron chi connectivity index (χ1n) is 6.74. The Labute approximate surface area is 147 Å². The molecule has 6 heteroatoms. The third kappa shape index (κ3) is 5.10. The molecule has 0 bridgehead atoms. The van der Waals surface area contributed by atoms with Crippen LogP contribution in [0.15, 0.2) is 58.8 Å². The van der Waals surface area contributed by atoms with Crippen LogP contribution in [0.2, 0.25) is 0 Å². The molecule has 1 amide bonds. The molecule has 2 rings (SSSR count). The van der Waals surface area contributed by atoms with Gasteiger partial charge in [0.1, 0.15) is 0 Å². The SMILES string of the molecule is C/C(=N/NC(=O)[C@@H](C)Sc1ccccn1)c1ccc(I)cc1. The molecule has 0 aliphatic heterocycles. The maximum Gasteiger partial charge on any atom is 0.253 e. The van der Waals surface area contributed by atoms with Crippen molar-refractivity contribution in [2.75, 3.05) is 0 Å². The molecule has 22 heavy (non-hydrogen) atoms. The average Bonchev–Trinajstić information content (AvgIpc) is 2.53. The van der Waals surface area contributed by atoms with Crippen LogP contribution in [0.1, 0.15) is 19.4 Å². The lowest BCUT2D eigenvalue weighted by atomic mass is 10.1. The minimum Gasteiger partial charge on any atom is -0.272 e. The van der Waals surface area contributed by atoms with Crippen molar-refractivity contribution in [3.63, 3.8) is 0 Å². The molecular weight excluding hydrogens is 409 g/mol. The van der Waals surface area contributed by atoms with Gasteiger partial charge >= 0.3 is 0 Å². The van der Waals surface area contributed by atoms with Crippen LogP contribution in [-0.2, 0) is 4.79 Å². The molecule has 0 unspecified atom stereocenters. The molecule has 0 saturated carbocycles. The van der Waals surface area contributed by atoms with Gasteiger partial charge < -0.3 is 0 Å². The van der Waals surface area contributed by atoms with E-state index in [0.29, 0.717) is 0 Å². The van der Waals surface area contributed by atoms with Gasteiger partial charge in [0, 0.05) is 9.77 Å². The topological polar surface area (TPSA) is 54.4 Å². The Balaban J connectivity index is 1.93. The van der Waals surface area contributed by atoms with Crippen molar-refractivity contribution in [3.05, 3.63) is 57.8 Å². The Bertz CT molecular complexity index is 659. The van der Waals surface area contributed by atoms with Gasteiger partial charge in [0.05, 0.1) is 16.0 Å². The number of rotatable bonds is 5. The van der Waals surface area contributed by atoms with Crippen LogP contribution >= 0.6 is 34.4 Å². The lowest BCUT2D eigenvalue weighted by molar-refractivity contribution is -0.120. The quantitative estimate of drug-likeness (QED) is 0.344. The summed E-state index contributed by atoms with van der Waals surface area (Å²) in [6.07, 6.45) is 1.71. The summed E-state index contributed by atoms with van der Waals surface area (Å²) in [5.41, 5.74) is 4.38. The Morgan fingerprint density at radius 2 is 2.00 bits per heavy atom. The first-order valence-corrected chi connectivity index (χ1v) is 8.70. The Morgan fingerprint density at radius 1 is 1.27 bits per heavy atom. The summed E-state index contributed by atoms with van der Waals surface area (Å²) >= 11 is 3.66. The predicted octanol–water partition coefficient (Wildman–Crippen LogP) is 3.71. The normalized spacial score (nSPS) is 12.8. The maximum atomic E-state index is 12.1. The van der Waals surface area contributed by atoms with E-state index in [0.717, 1.165) is 16.3 Å². The van der Waals surface area contributed by atoms with Gasteiger partial charge in [-0.05, 0) is 66.3 Å². The first-order chi connectivity index (χ1) is 10.6. The molecule has 0 aliphatic carbocycles. The molecule has 0 aliphatic rings. The summed E-state index contributed by atoms with van der Waals surface area (Å²) in [5.74, 6) is -0.138. The lowest BCUT2D eigenvalue weighted by Crippen LogP contribution is -2.27. The molecule has 0 spiro atoms. The van der Waals surface area contributed by atoms with Crippen molar-refractivity contribution in [2.24, 2.45) is 5.10 Å². The van der Waals surface area contributed by atoms with Crippen molar-refractivity contribution >= 4 is 46.0 Å². The van der Waals surface area contributed by atoms with E-state index in [9.17, 15) is 4.79 Å². The molecule has 0 fully saturated rings. The Kier molecular flexibility index (Phi) is 6.38. The van der Waals surface area contributed by atoms with Crippen molar-refractivity contribution in [3.8, 4) is 0 Å². The largest absolute Gasteiger partial charge is 0.272 e. The fourth-order valence-corrected chi connectivity index (χ4v) is 2.80. The fourth-order valence-electron chi connectivity index (χ4n) is 1.64. The van der Waals surface area contributed by atoms with Gasteiger partial charge in [-0.3, -0.25) is 4.79 Å². The molecule has 4 nitrogen and oxygen atoms in total. The minimum absolute atomic E-state index is 0.138. The van der Waals surface area contributed by atoms with Crippen molar-refractivity contribution in [1.82, 2.24) is 10.4 Å². The maximum absolute atomic E-state index is 12.1. The third-order valence-electron chi connectivity index (χ3n) is 2.90. The second-order valence-electron chi connectivity index (χ2n) is 4.61. The highest BCUT2D eigenvalue weighted by Gasteiger charge is 2.14. The van der Waals surface area contributed by atoms with Crippen molar-refractivity contribution in [1.29, 1.82) is 0 Å². The van der Waals surface area contributed by atoms with Gasteiger partial charge in [-0.2, -0.15) is 5.10 Å². The average molecular weight is 425 g/mol. The number of nitrogens with one attached hydrogen (secondary N) is 1. The zero-order chi connectivity index (χ0) is 15.9. The number of hydrogen-bond donors (Lipinski definition) is 1. The van der Waals surface area contributed by atoms with Crippen molar-refractivity contribution in [2.45, 2.75) is 24.1 Å². The van der Waals surface area contributed by atoms with Crippen LogP contribution in [0.4, 0.5) is 0 Å². The number of amides is 1. The van der Waals surface area contributed by atoms with Crippen LogP contribution < -0.4 is 5.43 Å². The summed E-state index contributed by atoms with van der Waals surface area (Å²) in [5, 5.41) is 4.73. The molecule has 1 heterocycles. The second kappa shape index (κ2) is 8.28. The molecule has 2 aromatic rings. The Morgan fingerprint density at radius 3 is 2.64 bits per heavy atom. The predicted molar refractivity (Wildman–Crippen MR) is 99.1 cm³/mol. The number of carbonyl (C=O) groups excluding carboxylic acids is 1. The minimum atomic E-state index is -0.261. The summed E-state index contributed by atoms with van der Waals surface area (Å²) in [6, 6.07) is 13.6. The van der Waals surface area contributed by atoms with Gasteiger partial charge in [-0.25, -0.2) is 10.4 Å². The summed E-state index contributed by atoms with van der Waals surface area (Å²) < 4.78 is 1.17. The number of carbonyl (C=O) groups is 1. The number of aromatic nitrogens is 1. The fraction of sp³-hybridized carbons (Fsp3) is 0.188. The molecule has 1 aromatic carbocycles. The smallest absolute Gasteiger partial charge is 0.253 e. The molecule has 1 N–H and O–H groups in total. The van der Waals surface area contributed by atoms with Crippen LogP contribution in [0.25, 0.3) is 0 Å². The number of hydrazone groups is 1. The third-order valence-corrected chi connectivity index (χ3v) is 4.67. The molecule has 1 aromatic heterocycles. The van der Waals surface area contributed by atoms with E-state index in [1.807, 2.05) is 56.3 Å². The highest BCUT2D eigenvalue weighted by atomic mass is 127. The number of nitrogens with zero attached hydrogens (tertiary/aromatic N) is 2. The van der Waals surface area contributed by atoms with Crippen LogP contribution in [0, 0.1) is 3.57 Å². The van der Waals surface area contributed by atoms with Gasteiger partial charge in [0.15, 0.2) is 0 Å². The van der Waals surface area contributed by atoms with Crippen LogP contribution in [-0.4, -0.2) is 21.9 Å². The Hall–Kier alpha value is -1.41. The number of hydrogen-bond acceptors (Lipinski definition) is 4. The summed E-state index contributed by atoms with van der Waals surface area (Å²) in [6.45, 7) is 3.71. The van der Waals surface area contributed by atoms with E-state index < -0.39 is 0 Å². The van der Waals surface area contributed by atoms with Gasteiger partial charge in [-0.1, -0.05) is 30.0 Å². The first kappa shape index (κ1) is 17.0. The van der Waals surface area contributed by atoms with E-state index in [1.165, 1.54) is 15.3 Å². The van der Waals surface area contributed by atoms with E-state index in [-0.39, 0.29) is 11.2 Å². The van der Waals surface area contributed by atoms with E-state index in [2.05, 4.69) is 38.1 Å². The molecule has 0 saturated heterocycles. The van der Waals surface area contributed by atoms with Gasteiger partial charge in [0.25, 0.3) is 5.91 Å². The van der Waals surface area contributed by atoms with Gasteiger partial charge in [-0.15, -0.1) is 0 Å². The zero-order valence-electron chi connectivity index (χ0n) is 12.3. The highest BCUT2D eigenvalue weighted by molar-refractivity contribution is 14.1. The van der Waals surface area contributed by atoms with Crippen LogP contribution in [0.5, 0.6) is 0 Å². The van der Waals surface area contributed by atoms with Crippen molar-refractivity contribution < 1.29 is 4.79 Å². The molecule has 0 radical (unpaired) electrons.